The summed E-state index contributed by atoms with van der Waals surface area (Å²) in [5, 5.41) is 6.35. The molecule has 2 fully saturated rings. The summed E-state index contributed by atoms with van der Waals surface area (Å²) in [6, 6.07) is 4.74. The van der Waals surface area contributed by atoms with Crippen molar-refractivity contribution in [2.45, 2.75) is 12.1 Å². The molecule has 2 unspecified atom stereocenters. The molecule has 0 spiro atoms. The summed E-state index contributed by atoms with van der Waals surface area (Å²) in [6.07, 6.45) is 3.62. The van der Waals surface area contributed by atoms with Gasteiger partial charge in [-0.15, -0.1) is 0 Å². The molecule has 3 heterocycles. The first-order valence-electron chi connectivity index (χ1n) is 5.97. The van der Waals surface area contributed by atoms with Gasteiger partial charge in [0.2, 0.25) is 5.91 Å². The van der Waals surface area contributed by atoms with E-state index in [0.717, 1.165) is 19.6 Å². The largest absolute Gasteiger partial charge is 0.353 e. The number of fused-ring (bicyclic) bond motifs is 1. The van der Waals surface area contributed by atoms with Crippen molar-refractivity contribution in [2.24, 2.45) is 0 Å². The number of piperazine rings is 2. The molecule has 1 amide bonds. The van der Waals surface area contributed by atoms with Crippen LogP contribution in [-0.4, -0.2) is 48.0 Å². The van der Waals surface area contributed by atoms with E-state index in [1.54, 1.807) is 0 Å². The number of hydrogen-bond donors (Lipinski definition) is 2. The molecule has 5 heteroatoms. The number of carbonyl (C=O) groups excluding carboxylic acids is 1. The van der Waals surface area contributed by atoms with Crippen LogP contribution in [0.2, 0.25) is 0 Å². The highest BCUT2D eigenvalue weighted by molar-refractivity contribution is 5.79. The first-order valence-corrected chi connectivity index (χ1v) is 5.97. The van der Waals surface area contributed by atoms with E-state index in [2.05, 4.69) is 20.5 Å². The highest BCUT2D eigenvalue weighted by atomic mass is 16.2. The van der Waals surface area contributed by atoms with Gasteiger partial charge in [-0.3, -0.25) is 14.7 Å². The van der Waals surface area contributed by atoms with Gasteiger partial charge in [0.05, 0.1) is 6.54 Å². The molecule has 0 radical (unpaired) electrons. The number of nitrogens with zero attached hydrogens (tertiary/aromatic N) is 2. The number of amides is 1. The third kappa shape index (κ3) is 2.03. The Labute approximate surface area is 100 Å². The molecule has 3 rings (SSSR count). The smallest absolute Gasteiger partial charge is 0.234 e. The van der Waals surface area contributed by atoms with Gasteiger partial charge in [-0.1, -0.05) is 0 Å². The maximum atomic E-state index is 11.5. The van der Waals surface area contributed by atoms with Gasteiger partial charge in [0.15, 0.2) is 0 Å². The second-order valence-electron chi connectivity index (χ2n) is 4.58. The van der Waals surface area contributed by atoms with Gasteiger partial charge in [-0.25, -0.2) is 0 Å². The predicted octanol–water partition coefficient (Wildman–Crippen LogP) is -0.474. The molecule has 2 saturated heterocycles. The fraction of sp³-hybridized carbons (Fsp3) is 0.500. The van der Waals surface area contributed by atoms with Gasteiger partial charge < -0.3 is 10.6 Å². The van der Waals surface area contributed by atoms with Crippen LogP contribution in [0.3, 0.4) is 0 Å². The van der Waals surface area contributed by atoms with Crippen molar-refractivity contribution < 1.29 is 4.79 Å². The zero-order valence-corrected chi connectivity index (χ0v) is 9.60. The maximum Gasteiger partial charge on any atom is 0.234 e. The lowest BCUT2D eigenvalue weighted by Crippen LogP contribution is -2.62. The van der Waals surface area contributed by atoms with Crippen molar-refractivity contribution in [1.29, 1.82) is 0 Å². The third-order valence-electron chi connectivity index (χ3n) is 3.54. The highest BCUT2D eigenvalue weighted by Crippen LogP contribution is 2.25. The fourth-order valence-electron chi connectivity index (χ4n) is 2.65. The molecule has 17 heavy (non-hydrogen) atoms. The number of carbonyl (C=O) groups is 1. The van der Waals surface area contributed by atoms with Crippen LogP contribution in [0.4, 0.5) is 0 Å². The number of pyridine rings is 1. The first-order chi connectivity index (χ1) is 8.34. The molecule has 0 saturated carbocycles. The summed E-state index contributed by atoms with van der Waals surface area (Å²) in [4.78, 5) is 17.8. The number of aromatic nitrogens is 1. The van der Waals surface area contributed by atoms with E-state index in [1.165, 1.54) is 5.56 Å². The van der Waals surface area contributed by atoms with E-state index in [0.29, 0.717) is 12.6 Å². The summed E-state index contributed by atoms with van der Waals surface area (Å²) in [5.41, 5.74) is 1.23. The van der Waals surface area contributed by atoms with Crippen LogP contribution in [0.25, 0.3) is 0 Å². The molecule has 0 bridgehead atoms. The first kappa shape index (κ1) is 10.7. The van der Waals surface area contributed by atoms with Crippen LogP contribution < -0.4 is 10.6 Å². The summed E-state index contributed by atoms with van der Waals surface area (Å²) in [6.45, 7) is 3.09. The second kappa shape index (κ2) is 4.43. The van der Waals surface area contributed by atoms with Crippen molar-refractivity contribution in [3.63, 3.8) is 0 Å². The normalized spacial score (nSPS) is 29.5. The summed E-state index contributed by atoms with van der Waals surface area (Å²) in [5.74, 6) is 0.127. The second-order valence-corrected chi connectivity index (χ2v) is 4.58. The van der Waals surface area contributed by atoms with E-state index in [9.17, 15) is 4.79 Å². The van der Waals surface area contributed by atoms with Crippen LogP contribution in [0.5, 0.6) is 0 Å². The zero-order chi connectivity index (χ0) is 11.7. The van der Waals surface area contributed by atoms with E-state index >= 15 is 0 Å². The lowest BCUT2D eigenvalue weighted by atomic mass is 9.99. The Bertz CT molecular complexity index is 408. The standard InChI is InChI=1S/C12H16N4O/c17-12-8-16-10(6-15-12)5-14-7-11(16)9-1-3-13-4-2-9/h1-4,10-11,14H,5-8H2,(H,15,17). The van der Waals surface area contributed by atoms with Gasteiger partial charge in [-0.05, 0) is 17.7 Å². The molecule has 2 aliphatic heterocycles. The Morgan fingerprint density at radius 2 is 2.06 bits per heavy atom. The average Bonchev–Trinajstić information content (AvgIpc) is 2.39. The van der Waals surface area contributed by atoms with Gasteiger partial charge in [0.1, 0.15) is 0 Å². The molecule has 1 aromatic heterocycles. The summed E-state index contributed by atoms with van der Waals surface area (Å²) < 4.78 is 0. The maximum absolute atomic E-state index is 11.5. The third-order valence-corrected chi connectivity index (χ3v) is 3.54. The van der Waals surface area contributed by atoms with Crippen LogP contribution in [0.1, 0.15) is 11.6 Å². The number of nitrogens with one attached hydrogen (secondary N) is 2. The van der Waals surface area contributed by atoms with Crippen LogP contribution in [0.15, 0.2) is 24.5 Å². The number of hydrogen-bond acceptors (Lipinski definition) is 4. The lowest BCUT2D eigenvalue weighted by molar-refractivity contribution is -0.127. The average molecular weight is 232 g/mol. The van der Waals surface area contributed by atoms with Crippen molar-refractivity contribution in [3.05, 3.63) is 30.1 Å². The van der Waals surface area contributed by atoms with Gasteiger partial charge in [-0.2, -0.15) is 0 Å². The van der Waals surface area contributed by atoms with E-state index < -0.39 is 0 Å². The number of rotatable bonds is 1. The van der Waals surface area contributed by atoms with Crippen molar-refractivity contribution >= 4 is 5.91 Å². The lowest BCUT2D eigenvalue weighted by Gasteiger charge is -2.44. The SMILES string of the molecule is O=C1CN2C(CNCC2c2ccncc2)CN1. The molecular formula is C12H16N4O. The molecule has 0 aliphatic carbocycles. The minimum absolute atomic E-state index is 0.127. The highest BCUT2D eigenvalue weighted by Gasteiger charge is 2.35. The van der Waals surface area contributed by atoms with Gasteiger partial charge >= 0.3 is 0 Å². The topological polar surface area (TPSA) is 57.3 Å². The Kier molecular flexibility index (Phi) is 2.78. The molecule has 2 N–H and O–H groups in total. The van der Waals surface area contributed by atoms with Crippen LogP contribution in [0, 0.1) is 0 Å². The van der Waals surface area contributed by atoms with Crippen LogP contribution in [-0.2, 0) is 4.79 Å². The van der Waals surface area contributed by atoms with Gasteiger partial charge in [0, 0.05) is 44.1 Å². The summed E-state index contributed by atoms with van der Waals surface area (Å²) in [7, 11) is 0. The van der Waals surface area contributed by atoms with Crippen molar-refractivity contribution in [2.75, 3.05) is 26.2 Å². The Morgan fingerprint density at radius 1 is 1.24 bits per heavy atom. The minimum Gasteiger partial charge on any atom is -0.353 e. The molecule has 0 aromatic carbocycles. The Balaban J connectivity index is 1.86. The Morgan fingerprint density at radius 3 is 2.88 bits per heavy atom. The molecule has 1 aromatic rings. The Hall–Kier alpha value is -1.46. The predicted molar refractivity (Wildman–Crippen MR) is 63.4 cm³/mol. The van der Waals surface area contributed by atoms with Crippen molar-refractivity contribution in [3.8, 4) is 0 Å². The molecule has 90 valence electrons. The van der Waals surface area contributed by atoms with Gasteiger partial charge in [0.25, 0.3) is 0 Å². The van der Waals surface area contributed by atoms with E-state index in [4.69, 9.17) is 0 Å². The zero-order valence-electron chi connectivity index (χ0n) is 9.60. The molecule has 2 aliphatic rings. The quantitative estimate of drug-likeness (QED) is 0.687. The van der Waals surface area contributed by atoms with Crippen LogP contribution >= 0.6 is 0 Å². The minimum atomic E-state index is 0.127. The molecular weight excluding hydrogens is 216 g/mol. The fourth-order valence-corrected chi connectivity index (χ4v) is 2.65. The monoisotopic (exact) mass is 232 g/mol. The molecule has 2 atom stereocenters. The van der Waals surface area contributed by atoms with E-state index in [-0.39, 0.29) is 11.9 Å². The summed E-state index contributed by atoms with van der Waals surface area (Å²) >= 11 is 0. The van der Waals surface area contributed by atoms with Crippen molar-refractivity contribution in [1.82, 2.24) is 20.5 Å². The van der Waals surface area contributed by atoms with E-state index in [1.807, 2.05) is 24.5 Å². The molecule has 5 nitrogen and oxygen atoms in total.